The van der Waals surface area contributed by atoms with Crippen LogP contribution in [0.2, 0.25) is 5.28 Å². The quantitative estimate of drug-likeness (QED) is 0.526. The molecule has 138 valence electrons. The topological polar surface area (TPSA) is 95.4 Å². The molecular weight excluding hydrogens is 376 g/mol. The van der Waals surface area contributed by atoms with E-state index in [2.05, 4.69) is 31.5 Å². The van der Waals surface area contributed by atoms with Crippen molar-refractivity contribution in [3.63, 3.8) is 0 Å². The number of hydrogen-bond acceptors (Lipinski definition) is 6. The zero-order chi connectivity index (χ0) is 19.6. The highest BCUT2D eigenvalue weighted by molar-refractivity contribution is 6.28. The number of hydrogen-bond donors (Lipinski definition) is 1. The van der Waals surface area contributed by atoms with E-state index >= 15 is 0 Å². The first-order valence-electron chi connectivity index (χ1n) is 7.73. The Morgan fingerprint density at radius 1 is 1.26 bits per heavy atom. The molecule has 2 N–H and O–H groups in total. The number of allylic oxidation sites excluding steroid dienone is 5. The molecule has 3 aromatic rings. The Morgan fingerprint density at radius 3 is 2.59 bits per heavy atom. The highest BCUT2D eigenvalue weighted by Gasteiger charge is 2.17. The van der Waals surface area contributed by atoms with Crippen LogP contribution in [-0.4, -0.2) is 29.5 Å². The van der Waals surface area contributed by atoms with Gasteiger partial charge in [0.15, 0.2) is 5.65 Å². The molecule has 0 amide bonds. The molecule has 3 rings (SSSR count). The van der Waals surface area contributed by atoms with E-state index in [0.717, 1.165) is 6.08 Å². The normalized spacial score (nSPS) is 12.6. The lowest BCUT2D eigenvalue weighted by molar-refractivity contribution is 0.585. The van der Waals surface area contributed by atoms with Gasteiger partial charge in [0.1, 0.15) is 22.9 Å². The van der Waals surface area contributed by atoms with E-state index in [1.807, 2.05) is 0 Å². The Hall–Kier alpha value is -3.20. The molecule has 0 aromatic carbocycles. The number of nitrogens with zero attached hydrogens (tertiary/aromatic N) is 6. The monoisotopic (exact) mass is 389 g/mol. The van der Waals surface area contributed by atoms with Gasteiger partial charge in [-0.3, -0.25) is 0 Å². The Morgan fingerprint density at radius 2 is 1.96 bits per heavy atom. The summed E-state index contributed by atoms with van der Waals surface area (Å²) in [5.41, 5.74) is 6.85. The summed E-state index contributed by atoms with van der Waals surface area (Å²) in [6.45, 7) is 4.64. The second-order valence-corrected chi connectivity index (χ2v) is 5.79. The van der Waals surface area contributed by atoms with Gasteiger partial charge >= 0.3 is 0 Å². The Kier molecular flexibility index (Phi) is 5.22. The lowest BCUT2D eigenvalue weighted by atomic mass is 10.2. The molecule has 0 bridgehead atoms. The minimum atomic E-state index is -0.889. The van der Waals surface area contributed by atoms with Crippen LogP contribution in [0.1, 0.15) is 6.92 Å². The average Bonchev–Trinajstić information content (AvgIpc) is 3.02. The van der Waals surface area contributed by atoms with Gasteiger partial charge in [0, 0.05) is 23.5 Å². The molecule has 0 spiro atoms. The van der Waals surface area contributed by atoms with Gasteiger partial charge in [-0.05, 0) is 24.6 Å². The molecule has 0 fully saturated rings. The van der Waals surface area contributed by atoms with Crippen LogP contribution < -0.4 is 5.73 Å². The van der Waals surface area contributed by atoms with Crippen LogP contribution in [0.4, 0.5) is 14.7 Å². The standard InChI is InChI=1S/C17H14ClF2N7/c1-3-4-12(20)11(9(2)19)7-27-8-24-14-13(25-16(18)26-15(14)27)10-5-22-17(21)23-6-10/h3-6,8H,2,7H2,1H3,(H2,21,22,23)/b4-3-,12-11+. The molecule has 0 aliphatic carbocycles. The average molecular weight is 390 g/mol. The fourth-order valence-corrected chi connectivity index (χ4v) is 2.57. The van der Waals surface area contributed by atoms with E-state index < -0.39 is 11.7 Å². The lowest BCUT2D eigenvalue weighted by Crippen LogP contribution is -2.04. The first kappa shape index (κ1) is 18.6. The van der Waals surface area contributed by atoms with Gasteiger partial charge in [0.25, 0.3) is 0 Å². The summed E-state index contributed by atoms with van der Waals surface area (Å²) < 4.78 is 29.3. The van der Waals surface area contributed by atoms with E-state index in [0.29, 0.717) is 22.4 Å². The summed E-state index contributed by atoms with van der Waals surface area (Å²) in [6.07, 6.45) is 6.95. The summed E-state index contributed by atoms with van der Waals surface area (Å²) in [5, 5.41) is -0.0606. The highest BCUT2D eigenvalue weighted by Crippen LogP contribution is 2.27. The second-order valence-electron chi connectivity index (χ2n) is 5.45. The third-order valence-corrected chi connectivity index (χ3v) is 3.81. The molecule has 3 heterocycles. The number of nitrogens with two attached hydrogens (primary N) is 1. The third-order valence-electron chi connectivity index (χ3n) is 3.64. The summed E-state index contributed by atoms with van der Waals surface area (Å²) in [4.78, 5) is 20.4. The summed E-state index contributed by atoms with van der Waals surface area (Å²) >= 11 is 6.03. The summed E-state index contributed by atoms with van der Waals surface area (Å²) in [7, 11) is 0. The van der Waals surface area contributed by atoms with Crippen molar-refractivity contribution in [1.82, 2.24) is 29.5 Å². The van der Waals surface area contributed by atoms with Crippen LogP contribution in [0.15, 0.2) is 54.7 Å². The number of anilines is 1. The van der Waals surface area contributed by atoms with Crippen LogP contribution in [0.3, 0.4) is 0 Å². The number of fused-ring (bicyclic) bond motifs is 1. The van der Waals surface area contributed by atoms with E-state index in [1.54, 1.807) is 6.92 Å². The molecule has 3 aromatic heterocycles. The molecule has 7 nitrogen and oxygen atoms in total. The Labute approximate surface area is 158 Å². The van der Waals surface area contributed by atoms with E-state index in [1.165, 1.54) is 29.4 Å². The van der Waals surface area contributed by atoms with Crippen molar-refractivity contribution in [2.24, 2.45) is 0 Å². The van der Waals surface area contributed by atoms with Gasteiger partial charge < -0.3 is 10.3 Å². The van der Waals surface area contributed by atoms with Crippen molar-refractivity contribution in [3.8, 4) is 11.3 Å². The summed E-state index contributed by atoms with van der Waals surface area (Å²) in [5.74, 6) is -1.52. The van der Waals surface area contributed by atoms with Crippen LogP contribution in [0.5, 0.6) is 0 Å². The van der Waals surface area contributed by atoms with E-state index in [4.69, 9.17) is 17.3 Å². The fraction of sp³-hybridized carbons (Fsp3) is 0.118. The van der Waals surface area contributed by atoms with Gasteiger partial charge in [-0.1, -0.05) is 12.7 Å². The number of rotatable bonds is 5. The number of nitrogen functional groups attached to an aromatic ring is 1. The van der Waals surface area contributed by atoms with Crippen molar-refractivity contribution in [2.45, 2.75) is 13.5 Å². The number of aromatic nitrogens is 6. The smallest absolute Gasteiger partial charge is 0.225 e. The van der Waals surface area contributed by atoms with E-state index in [-0.39, 0.29) is 23.3 Å². The second kappa shape index (κ2) is 7.58. The largest absolute Gasteiger partial charge is 0.368 e. The summed E-state index contributed by atoms with van der Waals surface area (Å²) in [6, 6.07) is 0. The van der Waals surface area contributed by atoms with Crippen molar-refractivity contribution >= 4 is 28.7 Å². The van der Waals surface area contributed by atoms with Crippen molar-refractivity contribution in [2.75, 3.05) is 5.73 Å². The maximum atomic E-state index is 14.1. The minimum absolute atomic E-state index is 0.0606. The molecular formula is C17H14ClF2N7. The zero-order valence-electron chi connectivity index (χ0n) is 14.2. The van der Waals surface area contributed by atoms with Crippen LogP contribution >= 0.6 is 11.6 Å². The van der Waals surface area contributed by atoms with Gasteiger partial charge in [-0.25, -0.2) is 28.7 Å². The molecule has 0 aliphatic rings. The van der Waals surface area contributed by atoms with Gasteiger partial charge in [-0.2, -0.15) is 4.98 Å². The van der Waals surface area contributed by atoms with Crippen molar-refractivity contribution < 1.29 is 8.78 Å². The molecule has 0 saturated carbocycles. The Balaban J connectivity index is 2.13. The van der Waals surface area contributed by atoms with Gasteiger partial charge in [-0.15, -0.1) is 0 Å². The highest BCUT2D eigenvalue weighted by atomic mass is 35.5. The SMILES string of the molecule is C=C(F)/C(Cn1cnc2c(-c3cnc(N)nc3)nc(Cl)nc21)=C(F)\C=C/C. The molecule has 10 heteroatoms. The van der Waals surface area contributed by atoms with Crippen LogP contribution in [-0.2, 0) is 6.54 Å². The predicted molar refractivity (Wildman–Crippen MR) is 99.0 cm³/mol. The first-order valence-corrected chi connectivity index (χ1v) is 8.11. The number of imidazole rings is 1. The predicted octanol–water partition coefficient (Wildman–Crippen LogP) is 3.80. The van der Waals surface area contributed by atoms with Crippen molar-refractivity contribution in [1.29, 1.82) is 0 Å². The molecule has 0 unspecified atom stereocenters. The van der Waals surface area contributed by atoms with Gasteiger partial charge in [0.2, 0.25) is 11.2 Å². The van der Waals surface area contributed by atoms with Crippen LogP contribution in [0.25, 0.3) is 22.4 Å². The lowest BCUT2D eigenvalue weighted by Gasteiger charge is -2.08. The van der Waals surface area contributed by atoms with E-state index in [9.17, 15) is 8.78 Å². The maximum absolute atomic E-state index is 14.1. The van der Waals surface area contributed by atoms with Gasteiger partial charge in [0.05, 0.1) is 12.9 Å². The molecule has 0 radical (unpaired) electrons. The first-order chi connectivity index (χ1) is 12.9. The molecule has 0 aliphatic heterocycles. The minimum Gasteiger partial charge on any atom is -0.368 e. The Bertz CT molecular complexity index is 1070. The number of halogens is 3. The molecule has 27 heavy (non-hydrogen) atoms. The fourth-order valence-electron chi connectivity index (χ4n) is 2.40. The third kappa shape index (κ3) is 3.82. The zero-order valence-corrected chi connectivity index (χ0v) is 15.0. The molecule has 0 saturated heterocycles. The maximum Gasteiger partial charge on any atom is 0.225 e. The molecule has 0 atom stereocenters. The van der Waals surface area contributed by atoms with Crippen molar-refractivity contribution in [3.05, 3.63) is 60.0 Å². The van der Waals surface area contributed by atoms with Crippen LogP contribution in [0, 0.1) is 0 Å².